The van der Waals surface area contributed by atoms with Crippen molar-refractivity contribution in [3.63, 3.8) is 0 Å². The van der Waals surface area contributed by atoms with E-state index in [-0.39, 0.29) is 17.9 Å². The number of hydrogen-bond donors (Lipinski definition) is 2. The minimum atomic E-state index is -0.913. The highest BCUT2D eigenvalue weighted by Crippen LogP contribution is 2.53. The Balaban J connectivity index is 1.79. The molecule has 1 aromatic rings. The van der Waals surface area contributed by atoms with Gasteiger partial charge in [-0.05, 0) is 25.5 Å². The molecule has 0 spiro atoms. The van der Waals surface area contributed by atoms with Crippen molar-refractivity contribution in [2.24, 2.45) is 5.92 Å². The van der Waals surface area contributed by atoms with Crippen LogP contribution < -0.4 is 5.32 Å². The molecule has 0 bridgehead atoms. The third kappa shape index (κ3) is 3.19. The molecular formula is C12H15Cl2NO3. The van der Waals surface area contributed by atoms with Crippen LogP contribution in [0.25, 0.3) is 0 Å². The van der Waals surface area contributed by atoms with Gasteiger partial charge in [-0.15, -0.1) is 23.2 Å². The van der Waals surface area contributed by atoms with E-state index >= 15 is 0 Å². The third-order valence-corrected chi connectivity index (χ3v) is 3.81. The van der Waals surface area contributed by atoms with Crippen LogP contribution in [0.5, 0.6) is 0 Å². The fourth-order valence-corrected chi connectivity index (χ4v) is 2.34. The second kappa shape index (κ2) is 5.11. The molecule has 1 heterocycles. The van der Waals surface area contributed by atoms with Crippen molar-refractivity contribution >= 4 is 29.1 Å². The topological polar surface area (TPSA) is 62.5 Å². The van der Waals surface area contributed by atoms with E-state index in [1.807, 2.05) is 6.92 Å². The number of aliphatic hydroxyl groups is 1. The largest absolute Gasteiger partial charge is 0.467 e. The van der Waals surface area contributed by atoms with Crippen molar-refractivity contribution in [2.45, 2.75) is 36.2 Å². The van der Waals surface area contributed by atoms with Gasteiger partial charge in [-0.2, -0.15) is 0 Å². The van der Waals surface area contributed by atoms with Crippen LogP contribution in [0.4, 0.5) is 0 Å². The highest BCUT2D eigenvalue weighted by Gasteiger charge is 2.56. The maximum Gasteiger partial charge on any atom is 0.226 e. The Morgan fingerprint density at radius 1 is 1.72 bits per heavy atom. The minimum absolute atomic E-state index is 0.167. The Labute approximate surface area is 115 Å². The van der Waals surface area contributed by atoms with Crippen LogP contribution in [-0.2, 0) is 4.79 Å². The molecule has 6 heteroatoms. The zero-order chi connectivity index (χ0) is 13.3. The molecule has 1 amide bonds. The maximum absolute atomic E-state index is 11.7. The number of furan rings is 1. The lowest BCUT2D eigenvalue weighted by atomic mass is 10.1. The van der Waals surface area contributed by atoms with Crippen LogP contribution in [-0.4, -0.2) is 21.4 Å². The molecule has 4 nitrogen and oxygen atoms in total. The first kappa shape index (κ1) is 13.7. The number of aliphatic hydroxyl groups excluding tert-OH is 1. The molecule has 0 saturated heterocycles. The highest BCUT2D eigenvalue weighted by molar-refractivity contribution is 6.52. The van der Waals surface area contributed by atoms with Gasteiger partial charge in [0.1, 0.15) is 16.2 Å². The number of hydrogen-bond acceptors (Lipinski definition) is 3. The summed E-state index contributed by atoms with van der Waals surface area (Å²) in [5, 5.41) is 12.6. The van der Waals surface area contributed by atoms with Crippen molar-refractivity contribution in [2.75, 3.05) is 0 Å². The fraction of sp³-hybridized carbons (Fsp3) is 0.583. The number of carbonyl (C=O) groups excluding carboxylic acids is 1. The molecule has 1 aliphatic carbocycles. The number of rotatable bonds is 5. The van der Waals surface area contributed by atoms with Gasteiger partial charge in [0.25, 0.3) is 0 Å². The summed E-state index contributed by atoms with van der Waals surface area (Å²) in [6.07, 6.45) is 1.63. The highest BCUT2D eigenvalue weighted by atomic mass is 35.5. The molecule has 0 aromatic carbocycles. The molecule has 1 fully saturated rings. The van der Waals surface area contributed by atoms with E-state index in [4.69, 9.17) is 27.6 Å². The van der Waals surface area contributed by atoms with Gasteiger partial charge in [0.2, 0.25) is 5.91 Å². The molecule has 3 unspecified atom stereocenters. The Hall–Kier alpha value is -0.710. The molecule has 0 radical (unpaired) electrons. The van der Waals surface area contributed by atoms with Crippen LogP contribution in [0, 0.1) is 5.92 Å². The summed E-state index contributed by atoms with van der Waals surface area (Å²) in [6, 6.07) is 3.23. The van der Waals surface area contributed by atoms with E-state index in [9.17, 15) is 9.90 Å². The Morgan fingerprint density at radius 3 is 2.89 bits per heavy atom. The molecule has 0 aliphatic heterocycles. The van der Waals surface area contributed by atoms with Gasteiger partial charge in [0.15, 0.2) is 0 Å². The van der Waals surface area contributed by atoms with Gasteiger partial charge in [-0.25, -0.2) is 0 Å². The molecule has 2 N–H and O–H groups in total. The first-order valence-corrected chi connectivity index (χ1v) is 6.55. The van der Waals surface area contributed by atoms with E-state index < -0.39 is 10.4 Å². The first-order valence-electron chi connectivity index (χ1n) is 5.80. The zero-order valence-corrected chi connectivity index (χ0v) is 11.4. The maximum atomic E-state index is 11.7. The molecule has 18 heavy (non-hydrogen) atoms. The predicted octanol–water partition coefficient (Wildman–Crippen LogP) is 2.40. The Kier molecular flexibility index (Phi) is 3.90. The van der Waals surface area contributed by atoms with Gasteiger partial charge in [0.05, 0.1) is 12.2 Å². The van der Waals surface area contributed by atoms with E-state index in [2.05, 4.69) is 5.32 Å². The molecular weight excluding hydrogens is 277 g/mol. The quantitative estimate of drug-likeness (QED) is 0.819. The van der Waals surface area contributed by atoms with Crippen LogP contribution in [0.3, 0.4) is 0 Å². The van der Waals surface area contributed by atoms with Gasteiger partial charge < -0.3 is 14.8 Å². The van der Waals surface area contributed by atoms with Crippen LogP contribution >= 0.6 is 23.2 Å². The van der Waals surface area contributed by atoms with Crippen molar-refractivity contribution in [3.8, 4) is 0 Å². The summed E-state index contributed by atoms with van der Waals surface area (Å²) < 4.78 is 4.18. The van der Waals surface area contributed by atoms with E-state index in [0.717, 1.165) is 0 Å². The average Bonchev–Trinajstić information content (AvgIpc) is 2.74. The average molecular weight is 292 g/mol. The second-order valence-electron chi connectivity index (χ2n) is 4.69. The lowest BCUT2D eigenvalue weighted by Gasteiger charge is -2.16. The Morgan fingerprint density at radius 2 is 2.39 bits per heavy atom. The summed E-state index contributed by atoms with van der Waals surface area (Å²) in [5.41, 5.74) is 0. The van der Waals surface area contributed by atoms with E-state index in [1.54, 1.807) is 12.1 Å². The normalized spacial score (nSPS) is 24.3. The summed E-state index contributed by atoms with van der Waals surface area (Å²) in [5.74, 6) is -0.0188. The molecule has 100 valence electrons. The summed E-state index contributed by atoms with van der Waals surface area (Å²) >= 11 is 11.6. The lowest BCUT2D eigenvalue weighted by molar-refractivity contribution is -0.123. The minimum Gasteiger partial charge on any atom is -0.467 e. The fourth-order valence-electron chi connectivity index (χ4n) is 1.83. The predicted molar refractivity (Wildman–Crippen MR) is 68.4 cm³/mol. The van der Waals surface area contributed by atoms with Crippen molar-refractivity contribution in [3.05, 3.63) is 24.2 Å². The van der Waals surface area contributed by atoms with Crippen molar-refractivity contribution < 1.29 is 14.3 Å². The zero-order valence-electron chi connectivity index (χ0n) is 9.90. The number of nitrogens with one attached hydrogen (secondary N) is 1. The molecule has 1 aliphatic rings. The number of halogens is 2. The van der Waals surface area contributed by atoms with Gasteiger partial charge in [0, 0.05) is 12.5 Å². The molecule has 2 rings (SSSR count). The van der Waals surface area contributed by atoms with Crippen LogP contribution in [0.15, 0.2) is 22.8 Å². The smallest absolute Gasteiger partial charge is 0.226 e. The lowest BCUT2D eigenvalue weighted by Crippen LogP contribution is -2.35. The monoisotopic (exact) mass is 291 g/mol. The van der Waals surface area contributed by atoms with Gasteiger partial charge >= 0.3 is 0 Å². The summed E-state index contributed by atoms with van der Waals surface area (Å²) in [6.45, 7) is 1.82. The Bertz CT molecular complexity index is 419. The standard InChI is InChI=1S/C12H15Cl2NO3/c1-7(5-9(16)10-3-2-4-18-10)15-11(17)8-6-12(8,13)14/h2-4,7-9,16H,5-6H2,1H3,(H,15,17). The van der Waals surface area contributed by atoms with Crippen LogP contribution in [0.1, 0.15) is 31.6 Å². The van der Waals surface area contributed by atoms with Gasteiger partial charge in [-0.3, -0.25) is 4.79 Å². The molecule has 1 aromatic heterocycles. The molecule has 3 atom stereocenters. The first-order chi connectivity index (χ1) is 8.40. The summed E-state index contributed by atoms with van der Waals surface area (Å²) in [4.78, 5) is 11.7. The van der Waals surface area contributed by atoms with E-state index in [0.29, 0.717) is 18.6 Å². The van der Waals surface area contributed by atoms with Gasteiger partial charge in [-0.1, -0.05) is 0 Å². The number of alkyl halides is 2. The van der Waals surface area contributed by atoms with Crippen LogP contribution in [0.2, 0.25) is 0 Å². The number of amides is 1. The second-order valence-corrected chi connectivity index (χ2v) is 6.24. The third-order valence-electron chi connectivity index (χ3n) is 2.98. The van der Waals surface area contributed by atoms with Crippen molar-refractivity contribution in [1.29, 1.82) is 0 Å². The SMILES string of the molecule is CC(CC(O)c1ccco1)NC(=O)C1CC1(Cl)Cl. The summed E-state index contributed by atoms with van der Waals surface area (Å²) in [7, 11) is 0. The van der Waals surface area contributed by atoms with Crippen molar-refractivity contribution in [1.82, 2.24) is 5.32 Å². The molecule has 1 saturated carbocycles. The number of carbonyl (C=O) groups is 1. The van der Waals surface area contributed by atoms with E-state index in [1.165, 1.54) is 6.26 Å².